The summed E-state index contributed by atoms with van der Waals surface area (Å²) in [6.07, 6.45) is 0.747. The van der Waals surface area contributed by atoms with Gasteiger partial charge in [-0.2, -0.15) is 0 Å². The Kier molecular flexibility index (Phi) is 4.11. The fourth-order valence-electron chi connectivity index (χ4n) is 1.66. The van der Waals surface area contributed by atoms with E-state index in [1.54, 1.807) is 12.1 Å². The zero-order valence-corrected chi connectivity index (χ0v) is 11.8. The average Bonchev–Trinajstić information content (AvgIpc) is 2.81. The first-order chi connectivity index (χ1) is 9.08. The largest absolute Gasteiger partial charge is 0.384 e. The number of aromatic nitrogens is 2. The molecule has 0 aliphatic carbocycles. The highest BCUT2D eigenvalue weighted by Gasteiger charge is 2.09. The van der Waals surface area contributed by atoms with Crippen LogP contribution in [0, 0.1) is 6.92 Å². The molecule has 0 radical (unpaired) electrons. The fourth-order valence-corrected chi connectivity index (χ4v) is 2.38. The van der Waals surface area contributed by atoms with Crippen LogP contribution < -0.4 is 11.1 Å². The van der Waals surface area contributed by atoms with E-state index in [2.05, 4.69) is 15.3 Å². The molecular formula is C13H16N4OS. The summed E-state index contributed by atoms with van der Waals surface area (Å²) in [5.41, 5.74) is 8.00. The lowest BCUT2D eigenvalue weighted by molar-refractivity contribution is 0.0950. The molecular weight excluding hydrogens is 260 g/mol. The van der Waals surface area contributed by atoms with E-state index in [1.807, 2.05) is 19.2 Å². The number of pyridine rings is 1. The highest BCUT2D eigenvalue weighted by molar-refractivity contribution is 7.09. The Hall–Kier alpha value is -1.95. The average molecular weight is 276 g/mol. The van der Waals surface area contributed by atoms with Gasteiger partial charge < -0.3 is 11.1 Å². The van der Waals surface area contributed by atoms with E-state index in [-0.39, 0.29) is 5.91 Å². The predicted molar refractivity (Wildman–Crippen MR) is 76.0 cm³/mol. The quantitative estimate of drug-likeness (QED) is 0.894. The Morgan fingerprint density at radius 3 is 2.84 bits per heavy atom. The molecule has 2 aromatic heterocycles. The predicted octanol–water partition coefficient (Wildman–Crippen LogP) is 1.92. The van der Waals surface area contributed by atoms with E-state index in [9.17, 15) is 4.79 Å². The summed E-state index contributed by atoms with van der Waals surface area (Å²) in [6, 6.07) is 3.35. The molecule has 6 heteroatoms. The van der Waals surface area contributed by atoms with Crippen LogP contribution in [0.2, 0.25) is 0 Å². The molecule has 2 heterocycles. The fraction of sp³-hybridized carbons (Fsp3) is 0.308. The maximum absolute atomic E-state index is 12.0. The molecule has 0 saturated heterocycles. The summed E-state index contributed by atoms with van der Waals surface area (Å²) in [7, 11) is 0. The van der Waals surface area contributed by atoms with E-state index in [0.717, 1.165) is 22.8 Å². The van der Waals surface area contributed by atoms with Gasteiger partial charge in [-0.3, -0.25) is 4.79 Å². The smallest absolute Gasteiger partial charge is 0.251 e. The van der Waals surface area contributed by atoms with Crippen LogP contribution in [-0.2, 0) is 13.0 Å². The molecule has 0 aliphatic rings. The Bertz CT molecular complexity index is 594. The number of carbonyl (C=O) groups is 1. The third-order valence-corrected chi connectivity index (χ3v) is 3.56. The maximum atomic E-state index is 12.0. The summed E-state index contributed by atoms with van der Waals surface area (Å²) in [5.74, 6) is 0.214. The van der Waals surface area contributed by atoms with Crippen LogP contribution >= 0.6 is 11.3 Å². The molecule has 0 bridgehead atoms. The molecule has 19 heavy (non-hydrogen) atoms. The molecule has 0 unspecified atom stereocenters. The highest BCUT2D eigenvalue weighted by atomic mass is 32.1. The summed E-state index contributed by atoms with van der Waals surface area (Å²) in [5, 5.41) is 5.68. The number of anilines is 1. The van der Waals surface area contributed by atoms with Crippen LogP contribution in [0.15, 0.2) is 17.5 Å². The number of nitrogen functional groups attached to an aromatic ring is 1. The van der Waals surface area contributed by atoms with E-state index in [4.69, 9.17) is 5.73 Å². The van der Waals surface area contributed by atoms with Gasteiger partial charge in [-0.25, -0.2) is 9.97 Å². The van der Waals surface area contributed by atoms with Crippen molar-refractivity contribution in [2.75, 3.05) is 5.73 Å². The molecule has 5 nitrogen and oxygen atoms in total. The van der Waals surface area contributed by atoms with Crippen molar-refractivity contribution in [1.29, 1.82) is 0 Å². The van der Waals surface area contributed by atoms with Gasteiger partial charge in [0.2, 0.25) is 0 Å². The Balaban J connectivity index is 2.05. The Labute approximate surface area is 115 Å². The number of carbonyl (C=O) groups excluding carboxylic acids is 1. The van der Waals surface area contributed by atoms with Crippen LogP contribution in [0.25, 0.3) is 0 Å². The third-order valence-electron chi connectivity index (χ3n) is 2.59. The molecule has 2 aromatic rings. The molecule has 0 aromatic carbocycles. The van der Waals surface area contributed by atoms with E-state index >= 15 is 0 Å². The second-order valence-corrected chi connectivity index (χ2v) is 5.13. The number of amides is 1. The molecule has 1 amide bonds. The first-order valence-corrected chi connectivity index (χ1v) is 6.92. The van der Waals surface area contributed by atoms with Crippen molar-refractivity contribution in [1.82, 2.24) is 15.3 Å². The van der Waals surface area contributed by atoms with Gasteiger partial charge in [0.15, 0.2) is 0 Å². The molecule has 0 saturated carbocycles. The minimum absolute atomic E-state index is 0.156. The molecule has 0 aliphatic heterocycles. The van der Waals surface area contributed by atoms with Crippen LogP contribution in [0.1, 0.15) is 33.7 Å². The molecule has 3 N–H and O–H groups in total. The Morgan fingerprint density at radius 2 is 2.21 bits per heavy atom. The van der Waals surface area contributed by atoms with Crippen LogP contribution in [-0.4, -0.2) is 15.9 Å². The van der Waals surface area contributed by atoms with Crippen LogP contribution in [0.5, 0.6) is 0 Å². The van der Waals surface area contributed by atoms with E-state index in [0.29, 0.717) is 17.9 Å². The van der Waals surface area contributed by atoms with E-state index in [1.165, 1.54) is 11.3 Å². The topological polar surface area (TPSA) is 80.9 Å². The van der Waals surface area contributed by atoms with Crippen molar-refractivity contribution in [2.45, 2.75) is 26.8 Å². The number of nitrogens with two attached hydrogens (primary N) is 1. The van der Waals surface area contributed by atoms with Gasteiger partial charge in [0.05, 0.1) is 6.54 Å². The Morgan fingerprint density at radius 1 is 1.42 bits per heavy atom. The zero-order chi connectivity index (χ0) is 13.8. The van der Waals surface area contributed by atoms with E-state index < -0.39 is 0 Å². The summed E-state index contributed by atoms with van der Waals surface area (Å²) < 4.78 is 0. The van der Waals surface area contributed by atoms with Crippen molar-refractivity contribution in [3.63, 3.8) is 0 Å². The van der Waals surface area contributed by atoms with Gasteiger partial charge in [-0.15, -0.1) is 11.3 Å². The zero-order valence-electron chi connectivity index (χ0n) is 10.9. The molecule has 0 atom stereocenters. The summed E-state index contributed by atoms with van der Waals surface area (Å²) in [6.45, 7) is 4.34. The van der Waals surface area contributed by atoms with Gasteiger partial charge in [-0.1, -0.05) is 6.92 Å². The number of rotatable bonds is 4. The van der Waals surface area contributed by atoms with Crippen LogP contribution in [0.3, 0.4) is 0 Å². The number of hydrogen-bond donors (Lipinski definition) is 2. The first kappa shape index (κ1) is 13.5. The van der Waals surface area contributed by atoms with Crippen molar-refractivity contribution in [3.05, 3.63) is 39.5 Å². The normalized spacial score (nSPS) is 10.4. The lowest BCUT2D eigenvalue weighted by atomic mass is 10.2. The number of hydrogen-bond acceptors (Lipinski definition) is 5. The highest BCUT2D eigenvalue weighted by Crippen LogP contribution is 2.10. The van der Waals surface area contributed by atoms with Gasteiger partial charge in [0.1, 0.15) is 10.8 Å². The number of thiazole rings is 1. The molecule has 100 valence electrons. The second-order valence-electron chi connectivity index (χ2n) is 4.19. The van der Waals surface area contributed by atoms with Gasteiger partial charge >= 0.3 is 0 Å². The lowest BCUT2D eigenvalue weighted by Gasteiger charge is -2.06. The number of nitrogens with zero attached hydrogens (tertiary/aromatic N) is 2. The van der Waals surface area contributed by atoms with Gasteiger partial charge in [-0.05, 0) is 25.5 Å². The lowest BCUT2D eigenvalue weighted by Crippen LogP contribution is -2.23. The maximum Gasteiger partial charge on any atom is 0.251 e. The van der Waals surface area contributed by atoms with Crippen molar-refractivity contribution < 1.29 is 4.79 Å². The van der Waals surface area contributed by atoms with Crippen molar-refractivity contribution >= 4 is 23.1 Å². The third kappa shape index (κ3) is 3.51. The second kappa shape index (κ2) is 5.79. The van der Waals surface area contributed by atoms with Crippen molar-refractivity contribution in [3.8, 4) is 0 Å². The van der Waals surface area contributed by atoms with Crippen molar-refractivity contribution in [2.24, 2.45) is 0 Å². The minimum Gasteiger partial charge on any atom is -0.384 e. The summed E-state index contributed by atoms with van der Waals surface area (Å²) >= 11 is 1.53. The van der Waals surface area contributed by atoms with Crippen LogP contribution in [0.4, 0.5) is 5.82 Å². The monoisotopic (exact) mass is 276 g/mol. The first-order valence-electron chi connectivity index (χ1n) is 6.04. The number of aryl methyl sites for hydroxylation is 2. The minimum atomic E-state index is -0.156. The van der Waals surface area contributed by atoms with Gasteiger partial charge in [0.25, 0.3) is 5.91 Å². The molecule has 2 rings (SSSR count). The summed E-state index contributed by atoms with van der Waals surface area (Å²) in [4.78, 5) is 20.5. The molecule has 0 spiro atoms. The van der Waals surface area contributed by atoms with Gasteiger partial charge in [0, 0.05) is 22.3 Å². The standard InChI is InChI=1S/C13H16N4OS/c1-3-10-4-9(5-11(14)17-10)13(18)15-6-12-16-8(2)7-19-12/h4-5,7H,3,6H2,1-2H3,(H2,14,17)(H,15,18). The molecule has 0 fully saturated rings. The number of nitrogens with one attached hydrogen (secondary N) is 1. The SMILES string of the molecule is CCc1cc(C(=O)NCc2nc(C)cs2)cc(N)n1.